The Balaban J connectivity index is 0.00000274. The van der Waals surface area contributed by atoms with Gasteiger partial charge in [-0.05, 0) is 37.4 Å². The van der Waals surface area contributed by atoms with Crippen molar-refractivity contribution in [3.63, 3.8) is 0 Å². The van der Waals surface area contributed by atoms with E-state index < -0.39 is 5.82 Å². The Morgan fingerprint density at radius 3 is 2.74 bits per heavy atom. The number of piperazine rings is 1. The minimum atomic E-state index is -0.633. The van der Waals surface area contributed by atoms with Crippen LogP contribution in [-0.2, 0) is 4.79 Å². The number of hydrogen-bond donors (Lipinski definition) is 3. The van der Waals surface area contributed by atoms with Gasteiger partial charge >= 0.3 is 0 Å². The number of aromatic nitrogens is 3. The summed E-state index contributed by atoms with van der Waals surface area (Å²) in [5.41, 5.74) is 1.91. The molecule has 0 spiro atoms. The van der Waals surface area contributed by atoms with Crippen molar-refractivity contribution in [2.45, 2.75) is 0 Å². The largest absolute Gasteiger partial charge is 0.480 e. The number of anilines is 6. The number of amides is 1. The molecule has 0 aliphatic carbocycles. The topological polar surface area (TPSA) is 108 Å². The van der Waals surface area contributed by atoms with Gasteiger partial charge in [0.15, 0.2) is 29.8 Å². The molecular weight excluding hydrogens is 463 g/mol. The first-order valence-electron chi connectivity index (χ1n) is 10.6. The number of rotatable bonds is 5. The summed E-state index contributed by atoms with van der Waals surface area (Å²) >= 11 is 0. The Bertz CT molecular complexity index is 1190. The summed E-state index contributed by atoms with van der Waals surface area (Å²) in [5, 5.41) is 8.59. The van der Waals surface area contributed by atoms with Crippen molar-refractivity contribution >= 4 is 53.1 Å². The van der Waals surface area contributed by atoms with Crippen LogP contribution in [0.3, 0.4) is 0 Å². The van der Waals surface area contributed by atoms with Gasteiger partial charge < -0.3 is 30.5 Å². The quantitative estimate of drug-likeness (QED) is 0.501. The van der Waals surface area contributed by atoms with Crippen LogP contribution >= 0.6 is 12.4 Å². The summed E-state index contributed by atoms with van der Waals surface area (Å²) in [7, 11) is 2.12. The standard InChI is InChI=1S/C22H23FN8O2.ClH/c1-30-7-9-31(10-8-30)15-4-2-3-14(11-15)25-22-24-12-16(23)20(29-22)26-18-6-5-17-21(27-18)28-19(32)13-33-17;/h2-6,11-12H,7-10,13H2,1H3,(H3,24,25,26,27,28,29,32);1H. The third-order valence-corrected chi connectivity index (χ3v) is 5.44. The number of carbonyl (C=O) groups excluding carboxylic acids is 1. The summed E-state index contributed by atoms with van der Waals surface area (Å²) in [5.74, 6) is 0.287. The van der Waals surface area contributed by atoms with E-state index in [1.165, 1.54) is 0 Å². The molecule has 2 aliphatic heterocycles. The highest BCUT2D eigenvalue weighted by atomic mass is 35.5. The van der Waals surface area contributed by atoms with Crippen molar-refractivity contribution in [3.8, 4) is 5.75 Å². The average Bonchev–Trinajstić information content (AvgIpc) is 2.82. The Kier molecular flexibility index (Phi) is 6.94. The van der Waals surface area contributed by atoms with E-state index in [0.29, 0.717) is 11.6 Å². The lowest BCUT2D eigenvalue weighted by Gasteiger charge is -2.34. The monoisotopic (exact) mass is 486 g/mol. The maximum atomic E-state index is 14.4. The molecule has 3 aromatic rings. The van der Waals surface area contributed by atoms with E-state index in [4.69, 9.17) is 4.74 Å². The van der Waals surface area contributed by atoms with Gasteiger partial charge in [0, 0.05) is 37.6 Å². The van der Waals surface area contributed by atoms with Gasteiger partial charge in [-0.2, -0.15) is 4.98 Å². The summed E-state index contributed by atoms with van der Waals surface area (Å²) in [6.45, 7) is 3.88. The Morgan fingerprint density at radius 1 is 1.09 bits per heavy atom. The van der Waals surface area contributed by atoms with Crippen LogP contribution < -0.4 is 25.6 Å². The SMILES string of the molecule is CN1CCN(c2cccc(Nc3ncc(F)c(Nc4ccc5c(n4)NC(=O)CO5)n3)c2)CC1.Cl. The normalized spacial score (nSPS) is 15.5. The fourth-order valence-corrected chi connectivity index (χ4v) is 3.64. The van der Waals surface area contributed by atoms with Crippen molar-refractivity contribution in [1.29, 1.82) is 0 Å². The number of halogens is 2. The summed E-state index contributed by atoms with van der Waals surface area (Å²) in [6.07, 6.45) is 1.09. The zero-order chi connectivity index (χ0) is 22.8. The number of fused-ring (bicyclic) bond motifs is 1. The number of benzene rings is 1. The van der Waals surface area contributed by atoms with E-state index in [-0.39, 0.29) is 42.5 Å². The Labute approximate surface area is 202 Å². The number of likely N-dealkylation sites (N-methyl/N-ethyl adjacent to an activating group) is 1. The summed E-state index contributed by atoms with van der Waals surface area (Å²) in [4.78, 5) is 28.7. The van der Waals surface area contributed by atoms with Crippen LogP contribution in [-0.4, -0.2) is 65.6 Å². The van der Waals surface area contributed by atoms with Crippen molar-refractivity contribution in [1.82, 2.24) is 19.9 Å². The highest BCUT2D eigenvalue weighted by Gasteiger charge is 2.18. The third kappa shape index (κ3) is 5.26. The first kappa shape index (κ1) is 23.5. The van der Waals surface area contributed by atoms with Crippen molar-refractivity contribution in [2.75, 3.05) is 60.7 Å². The lowest BCUT2D eigenvalue weighted by atomic mass is 10.2. The van der Waals surface area contributed by atoms with Crippen LogP contribution in [0.15, 0.2) is 42.6 Å². The van der Waals surface area contributed by atoms with Crippen molar-refractivity contribution in [2.24, 2.45) is 0 Å². The molecule has 5 rings (SSSR count). The molecule has 10 nitrogen and oxygen atoms in total. The molecule has 34 heavy (non-hydrogen) atoms. The molecule has 3 N–H and O–H groups in total. The first-order chi connectivity index (χ1) is 16.0. The maximum absolute atomic E-state index is 14.4. The highest BCUT2D eigenvalue weighted by molar-refractivity contribution is 5.94. The van der Waals surface area contributed by atoms with Crippen LogP contribution in [0.2, 0.25) is 0 Å². The van der Waals surface area contributed by atoms with E-state index in [1.54, 1.807) is 12.1 Å². The van der Waals surface area contributed by atoms with Crippen LogP contribution in [0.25, 0.3) is 0 Å². The number of nitrogens with zero attached hydrogens (tertiary/aromatic N) is 5. The first-order valence-corrected chi connectivity index (χ1v) is 10.6. The van der Waals surface area contributed by atoms with Crippen LogP contribution in [0.5, 0.6) is 5.75 Å². The van der Waals surface area contributed by atoms with E-state index in [2.05, 4.69) is 53.8 Å². The second kappa shape index (κ2) is 10.1. The minimum absolute atomic E-state index is 0. The van der Waals surface area contributed by atoms with Crippen LogP contribution in [0.4, 0.5) is 39.2 Å². The predicted molar refractivity (Wildman–Crippen MR) is 130 cm³/mol. The van der Waals surface area contributed by atoms with Crippen LogP contribution in [0.1, 0.15) is 0 Å². The molecule has 4 heterocycles. The molecule has 1 amide bonds. The molecule has 1 saturated heterocycles. The molecule has 0 bridgehead atoms. The lowest BCUT2D eigenvalue weighted by molar-refractivity contribution is -0.118. The molecule has 1 aromatic carbocycles. The van der Waals surface area contributed by atoms with Gasteiger partial charge in [0.25, 0.3) is 5.91 Å². The molecule has 0 radical (unpaired) electrons. The Hall–Kier alpha value is -3.70. The average molecular weight is 487 g/mol. The number of nitrogens with one attached hydrogen (secondary N) is 3. The van der Waals surface area contributed by atoms with Crippen LogP contribution in [0, 0.1) is 5.82 Å². The predicted octanol–water partition coefficient (Wildman–Crippen LogP) is 3.00. The van der Waals surface area contributed by atoms with Gasteiger partial charge in [0.1, 0.15) is 5.82 Å². The van der Waals surface area contributed by atoms with Gasteiger partial charge in [0.2, 0.25) is 5.95 Å². The number of ether oxygens (including phenoxy) is 1. The fraction of sp³-hybridized carbons (Fsp3) is 0.273. The number of pyridine rings is 1. The Morgan fingerprint density at radius 2 is 1.91 bits per heavy atom. The van der Waals surface area contributed by atoms with E-state index in [0.717, 1.165) is 43.8 Å². The van der Waals surface area contributed by atoms with E-state index in [1.807, 2.05) is 18.2 Å². The van der Waals surface area contributed by atoms with E-state index >= 15 is 0 Å². The lowest BCUT2D eigenvalue weighted by Crippen LogP contribution is -2.44. The molecular formula is C22H24ClFN8O2. The van der Waals surface area contributed by atoms with Gasteiger partial charge in [-0.15, -0.1) is 12.4 Å². The molecule has 2 aliphatic rings. The molecule has 0 atom stereocenters. The molecule has 12 heteroatoms. The van der Waals surface area contributed by atoms with E-state index in [9.17, 15) is 9.18 Å². The molecule has 0 unspecified atom stereocenters. The second-order valence-corrected chi connectivity index (χ2v) is 7.86. The van der Waals surface area contributed by atoms with Crippen molar-refractivity contribution in [3.05, 3.63) is 48.4 Å². The number of hydrogen-bond acceptors (Lipinski definition) is 9. The fourth-order valence-electron chi connectivity index (χ4n) is 3.64. The molecule has 1 fully saturated rings. The molecule has 0 saturated carbocycles. The zero-order valence-electron chi connectivity index (χ0n) is 18.4. The smallest absolute Gasteiger partial charge is 0.263 e. The van der Waals surface area contributed by atoms with Crippen molar-refractivity contribution < 1.29 is 13.9 Å². The summed E-state index contributed by atoms with van der Waals surface area (Å²) in [6, 6.07) is 11.2. The van der Waals surface area contributed by atoms with Gasteiger partial charge in [-0.3, -0.25) is 4.79 Å². The van der Waals surface area contributed by atoms with Gasteiger partial charge in [0.05, 0.1) is 6.20 Å². The molecule has 2 aromatic heterocycles. The van der Waals surface area contributed by atoms with Gasteiger partial charge in [-0.25, -0.2) is 14.4 Å². The third-order valence-electron chi connectivity index (χ3n) is 5.44. The minimum Gasteiger partial charge on any atom is -0.480 e. The van der Waals surface area contributed by atoms with Gasteiger partial charge in [-0.1, -0.05) is 6.07 Å². The summed E-state index contributed by atoms with van der Waals surface area (Å²) < 4.78 is 19.7. The highest BCUT2D eigenvalue weighted by Crippen LogP contribution is 2.29. The molecule has 178 valence electrons. The second-order valence-electron chi connectivity index (χ2n) is 7.86. The zero-order valence-corrected chi connectivity index (χ0v) is 19.2. The number of carbonyl (C=O) groups is 1. The maximum Gasteiger partial charge on any atom is 0.263 e.